The molecule has 3 nitrogen and oxygen atoms in total. The zero-order valence-electron chi connectivity index (χ0n) is 7.70. The Kier molecular flexibility index (Phi) is 3.34. The fourth-order valence-corrected chi connectivity index (χ4v) is 0.946. The highest BCUT2D eigenvalue weighted by Crippen LogP contribution is 2.17. The lowest BCUT2D eigenvalue weighted by molar-refractivity contribution is 1.14. The van der Waals surface area contributed by atoms with E-state index < -0.39 is 0 Å². The molecule has 1 rings (SSSR count). The second kappa shape index (κ2) is 4.52. The van der Waals surface area contributed by atoms with Crippen molar-refractivity contribution in [2.45, 2.75) is 6.92 Å². The van der Waals surface area contributed by atoms with Crippen LogP contribution in [0.4, 0.5) is 5.69 Å². The summed E-state index contributed by atoms with van der Waals surface area (Å²) < 4.78 is 0. The molecule has 0 fully saturated rings. The van der Waals surface area contributed by atoms with E-state index in [-0.39, 0.29) is 0 Å². The van der Waals surface area contributed by atoms with Gasteiger partial charge in [0.05, 0.1) is 11.4 Å². The molecule has 0 aliphatic rings. The minimum absolute atomic E-state index is 0.535. The molecule has 0 saturated carbocycles. The molecule has 0 saturated heterocycles. The van der Waals surface area contributed by atoms with Crippen LogP contribution >= 0.6 is 0 Å². The van der Waals surface area contributed by atoms with E-state index in [0.29, 0.717) is 6.54 Å². The Hall–Kier alpha value is -1.48. The number of hydrogen-bond donors (Lipinski definition) is 1. The molecule has 68 valence electrons. The molecule has 0 aliphatic heterocycles. The summed E-state index contributed by atoms with van der Waals surface area (Å²) in [5.74, 6) is 0. The number of rotatable bonds is 3. The molecule has 1 aromatic rings. The molecule has 0 radical (unpaired) electrons. The first kappa shape index (κ1) is 9.61. The minimum Gasteiger partial charge on any atom is -0.327 e. The Labute approximate surface area is 78.0 Å². The standard InChI is InChI=1S/C10H13N3/c1-8(7-11)6-10-9(12-2)4-3-5-13-10/h3-6H,2,7,11H2,1H3/b8-6+. The van der Waals surface area contributed by atoms with Crippen LogP contribution in [0.1, 0.15) is 12.6 Å². The van der Waals surface area contributed by atoms with Crippen LogP contribution in [0.3, 0.4) is 0 Å². The average molecular weight is 175 g/mol. The van der Waals surface area contributed by atoms with Crippen molar-refractivity contribution in [3.05, 3.63) is 29.6 Å². The van der Waals surface area contributed by atoms with Crippen LogP contribution in [-0.2, 0) is 0 Å². The molecule has 13 heavy (non-hydrogen) atoms. The van der Waals surface area contributed by atoms with E-state index in [1.54, 1.807) is 6.20 Å². The monoisotopic (exact) mass is 175 g/mol. The second-order valence-corrected chi connectivity index (χ2v) is 2.76. The van der Waals surface area contributed by atoms with Gasteiger partial charge >= 0.3 is 0 Å². The van der Waals surface area contributed by atoms with Gasteiger partial charge in [-0.05, 0) is 31.9 Å². The molecule has 0 atom stereocenters. The molecule has 0 aliphatic carbocycles. The van der Waals surface area contributed by atoms with Crippen LogP contribution < -0.4 is 5.73 Å². The predicted molar refractivity (Wildman–Crippen MR) is 56.2 cm³/mol. The Balaban J connectivity index is 3.06. The smallest absolute Gasteiger partial charge is 0.0885 e. The van der Waals surface area contributed by atoms with Crippen molar-refractivity contribution in [2.24, 2.45) is 10.7 Å². The number of nitrogens with zero attached hydrogens (tertiary/aromatic N) is 2. The minimum atomic E-state index is 0.535. The van der Waals surface area contributed by atoms with Crippen molar-refractivity contribution in [3.63, 3.8) is 0 Å². The van der Waals surface area contributed by atoms with Gasteiger partial charge < -0.3 is 5.73 Å². The third-order valence-corrected chi connectivity index (χ3v) is 1.69. The van der Waals surface area contributed by atoms with Gasteiger partial charge in [0.2, 0.25) is 0 Å². The van der Waals surface area contributed by atoms with E-state index in [4.69, 9.17) is 5.73 Å². The average Bonchev–Trinajstić information content (AvgIpc) is 2.18. The van der Waals surface area contributed by atoms with Gasteiger partial charge in [0, 0.05) is 12.7 Å². The largest absolute Gasteiger partial charge is 0.327 e. The molecule has 0 bridgehead atoms. The van der Waals surface area contributed by atoms with E-state index in [9.17, 15) is 0 Å². The summed E-state index contributed by atoms with van der Waals surface area (Å²) in [6.07, 6.45) is 3.65. The normalized spacial score (nSPS) is 11.4. The van der Waals surface area contributed by atoms with Gasteiger partial charge in [-0.1, -0.05) is 5.57 Å². The molecule has 3 heteroatoms. The van der Waals surface area contributed by atoms with Crippen LogP contribution in [-0.4, -0.2) is 18.2 Å². The summed E-state index contributed by atoms with van der Waals surface area (Å²) in [4.78, 5) is 8.03. The molecule has 2 N–H and O–H groups in total. The topological polar surface area (TPSA) is 51.3 Å². The lowest BCUT2D eigenvalue weighted by atomic mass is 10.2. The molecule has 0 unspecified atom stereocenters. The van der Waals surface area contributed by atoms with E-state index in [0.717, 1.165) is 17.0 Å². The van der Waals surface area contributed by atoms with Gasteiger partial charge in [0.25, 0.3) is 0 Å². The first-order valence-corrected chi connectivity index (χ1v) is 4.07. The lowest BCUT2D eigenvalue weighted by Crippen LogP contribution is -1.99. The Morgan fingerprint density at radius 1 is 1.77 bits per heavy atom. The summed E-state index contributed by atoms with van der Waals surface area (Å²) in [7, 11) is 0. The van der Waals surface area contributed by atoms with Crippen LogP contribution in [0.5, 0.6) is 0 Å². The first-order chi connectivity index (χ1) is 6.27. The number of aromatic nitrogens is 1. The number of aliphatic imine (C=N–C) groups is 1. The third-order valence-electron chi connectivity index (χ3n) is 1.69. The summed E-state index contributed by atoms with van der Waals surface area (Å²) in [6.45, 7) is 5.97. The van der Waals surface area contributed by atoms with Crippen LogP contribution in [0.25, 0.3) is 6.08 Å². The maximum Gasteiger partial charge on any atom is 0.0885 e. The Morgan fingerprint density at radius 3 is 3.15 bits per heavy atom. The predicted octanol–water partition coefficient (Wildman–Crippen LogP) is 1.78. The Bertz CT molecular complexity index is 329. The molecular weight excluding hydrogens is 162 g/mol. The lowest BCUT2D eigenvalue weighted by Gasteiger charge is -1.99. The van der Waals surface area contributed by atoms with Gasteiger partial charge in [0.15, 0.2) is 0 Å². The summed E-state index contributed by atoms with van der Waals surface area (Å²) in [5, 5.41) is 0. The number of hydrogen-bond acceptors (Lipinski definition) is 3. The van der Waals surface area contributed by atoms with Crippen molar-refractivity contribution >= 4 is 18.5 Å². The van der Waals surface area contributed by atoms with Crippen molar-refractivity contribution in [1.82, 2.24) is 4.98 Å². The van der Waals surface area contributed by atoms with Gasteiger partial charge in [-0.15, -0.1) is 0 Å². The van der Waals surface area contributed by atoms with Crippen LogP contribution in [0, 0.1) is 0 Å². The molecule has 0 spiro atoms. The first-order valence-electron chi connectivity index (χ1n) is 4.07. The van der Waals surface area contributed by atoms with Crippen molar-refractivity contribution in [2.75, 3.05) is 6.54 Å². The molecule has 1 heterocycles. The van der Waals surface area contributed by atoms with E-state index >= 15 is 0 Å². The number of pyridine rings is 1. The fraction of sp³-hybridized carbons (Fsp3) is 0.200. The van der Waals surface area contributed by atoms with Gasteiger partial charge in [-0.3, -0.25) is 9.98 Å². The zero-order valence-corrected chi connectivity index (χ0v) is 7.70. The summed E-state index contributed by atoms with van der Waals surface area (Å²) in [6, 6.07) is 3.70. The molecule has 0 aromatic carbocycles. The maximum absolute atomic E-state index is 5.47. The molecular formula is C10H13N3. The zero-order chi connectivity index (χ0) is 9.68. The summed E-state index contributed by atoms with van der Waals surface area (Å²) in [5.41, 5.74) is 8.15. The maximum atomic E-state index is 5.47. The highest BCUT2D eigenvalue weighted by atomic mass is 14.8. The second-order valence-electron chi connectivity index (χ2n) is 2.76. The number of nitrogens with two attached hydrogens (primary N) is 1. The van der Waals surface area contributed by atoms with Crippen molar-refractivity contribution < 1.29 is 0 Å². The summed E-state index contributed by atoms with van der Waals surface area (Å²) >= 11 is 0. The van der Waals surface area contributed by atoms with Crippen LogP contribution in [0.15, 0.2) is 28.9 Å². The molecule has 1 aromatic heterocycles. The third kappa shape index (κ3) is 2.49. The molecule has 0 amide bonds. The SMILES string of the molecule is C=Nc1cccnc1/C=C(\C)CN. The highest BCUT2D eigenvalue weighted by molar-refractivity contribution is 5.63. The van der Waals surface area contributed by atoms with Gasteiger partial charge in [-0.2, -0.15) is 0 Å². The highest BCUT2D eigenvalue weighted by Gasteiger charge is 1.97. The van der Waals surface area contributed by atoms with E-state index in [2.05, 4.69) is 16.7 Å². The van der Waals surface area contributed by atoms with E-state index in [1.807, 2.05) is 25.1 Å². The van der Waals surface area contributed by atoms with Crippen molar-refractivity contribution in [3.8, 4) is 0 Å². The van der Waals surface area contributed by atoms with Gasteiger partial charge in [-0.25, -0.2) is 0 Å². The van der Waals surface area contributed by atoms with E-state index in [1.165, 1.54) is 0 Å². The van der Waals surface area contributed by atoms with Gasteiger partial charge in [0.1, 0.15) is 0 Å². The Morgan fingerprint density at radius 2 is 2.54 bits per heavy atom. The van der Waals surface area contributed by atoms with Crippen molar-refractivity contribution in [1.29, 1.82) is 0 Å². The van der Waals surface area contributed by atoms with Crippen LogP contribution in [0.2, 0.25) is 0 Å². The quantitative estimate of drug-likeness (QED) is 0.712. The fourth-order valence-electron chi connectivity index (χ4n) is 0.946.